The molecule has 0 radical (unpaired) electrons. The van der Waals surface area contributed by atoms with Gasteiger partial charge in [-0.2, -0.15) is 0 Å². The lowest BCUT2D eigenvalue weighted by Gasteiger charge is -2.21. The topological polar surface area (TPSA) is 61.4 Å². The van der Waals surface area contributed by atoms with Gasteiger partial charge in [-0.1, -0.05) is 24.6 Å². The molecule has 0 aliphatic carbocycles. The van der Waals surface area contributed by atoms with Crippen molar-refractivity contribution in [2.45, 2.75) is 6.92 Å². The molecule has 0 bridgehead atoms. The average Bonchev–Trinajstić information content (AvgIpc) is 2.42. The number of carbonyl (C=O) groups excluding carboxylic acids is 2. The SMILES string of the molecule is CNC(=O)[C@@H](C)CN(C)C(=O)Nc1cccc(Cl)c1F. The zero-order valence-corrected chi connectivity index (χ0v) is 12.3. The van der Waals surface area contributed by atoms with Crippen molar-refractivity contribution in [1.29, 1.82) is 0 Å². The molecule has 0 fully saturated rings. The van der Waals surface area contributed by atoms with Crippen LogP contribution in [-0.4, -0.2) is 37.5 Å². The van der Waals surface area contributed by atoms with Crippen molar-refractivity contribution in [2.75, 3.05) is 26.0 Å². The second-order valence-corrected chi connectivity index (χ2v) is 4.83. The maximum Gasteiger partial charge on any atom is 0.321 e. The number of benzene rings is 1. The van der Waals surface area contributed by atoms with Crippen LogP contribution in [0.4, 0.5) is 14.9 Å². The molecule has 5 nitrogen and oxygen atoms in total. The van der Waals surface area contributed by atoms with E-state index < -0.39 is 11.8 Å². The normalized spacial score (nSPS) is 11.7. The highest BCUT2D eigenvalue weighted by atomic mass is 35.5. The molecule has 1 aromatic rings. The Morgan fingerprint density at radius 2 is 2.10 bits per heavy atom. The van der Waals surface area contributed by atoms with Crippen molar-refractivity contribution in [3.63, 3.8) is 0 Å². The van der Waals surface area contributed by atoms with Crippen LogP contribution in [0.15, 0.2) is 18.2 Å². The average molecular weight is 302 g/mol. The fourth-order valence-corrected chi connectivity index (χ4v) is 1.81. The lowest BCUT2D eigenvalue weighted by atomic mass is 10.1. The monoisotopic (exact) mass is 301 g/mol. The van der Waals surface area contributed by atoms with Crippen molar-refractivity contribution in [2.24, 2.45) is 5.92 Å². The quantitative estimate of drug-likeness (QED) is 0.896. The Balaban J connectivity index is 2.66. The van der Waals surface area contributed by atoms with Gasteiger partial charge in [0, 0.05) is 20.6 Å². The Morgan fingerprint density at radius 1 is 1.45 bits per heavy atom. The van der Waals surface area contributed by atoms with Crippen LogP contribution in [0.5, 0.6) is 0 Å². The van der Waals surface area contributed by atoms with Gasteiger partial charge in [-0.3, -0.25) is 4.79 Å². The van der Waals surface area contributed by atoms with E-state index in [-0.39, 0.29) is 29.1 Å². The van der Waals surface area contributed by atoms with Gasteiger partial charge in [0.25, 0.3) is 0 Å². The molecule has 3 amide bonds. The van der Waals surface area contributed by atoms with Crippen molar-refractivity contribution < 1.29 is 14.0 Å². The van der Waals surface area contributed by atoms with Gasteiger partial charge < -0.3 is 15.5 Å². The molecule has 7 heteroatoms. The summed E-state index contributed by atoms with van der Waals surface area (Å²) in [5, 5.41) is 4.84. The number of nitrogens with zero attached hydrogens (tertiary/aromatic N) is 1. The number of urea groups is 1. The summed E-state index contributed by atoms with van der Waals surface area (Å²) in [7, 11) is 3.05. The molecule has 0 saturated heterocycles. The van der Waals surface area contributed by atoms with Crippen LogP contribution >= 0.6 is 11.6 Å². The lowest BCUT2D eigenvalue weighted by molar-refractivity contribution is -0.124. The molecule has 0 aliphatic heterocycles. The summed E-state index contributed by atoms with van der Waals surface area (Å²) < 4.78 is 13.6. The van der Waals surface area contributed by atoms with E-state index in [1.807, 2.05) is 0 Å². The lowest BCUT2D eigenvalue weighted by Crippen LogP contribution is -2.39. The largest absolute Gasteiger partial charge is 0.359 e. The van der Waals surface area contributed by atoms with Crippen molar-refractivity contribution in [3.05, 3.63) is 29.0 Å². The van der Waals surface area contributed by atoms with Gasteiger partial charge in [-0.05, 0) is 12.1 Å². The number of hydrogen-bond acceptors (Lipinski definition) is 2. The summed E-state index contributed by atoms with van der Waals surface area (Å²) in [4.78, 5) is 24.6. The van der Waals surface area contributed by atoms with Gasteiger partial charge in [0.1, 0.15) is 0 Å². The summed E-state index contributed by atoms with van der Waals surface area (Å²) in [6, 6.07) is 3.83. The number of halogens is 2. The molecule has 2 N–H and O–H groups in total. The predicted octanol–water partition coefficient (Wildman–Crippen LogP) is 2.32. The van der Waals surface area contributed by atoms with Crippen LogP contribution in [0, 0.1) is 11.7 Å². The maximum absolute atomic E-state index is 13.6. The van der Waals surface area contributed by atoms with Gasteiger partial charge in [-0.15, -0.1) is 0 Å². The second kappa shape index (κ2) is 7.09. The van der Waals surface area contributed by atoms with E-state index in [4.69, 9.17) is 11.6 Å². The molecule has 0 aliphatic rings. The molecule has 1 aromatic carbocycles. The standard InChI is InChI=1S/C13H17ClFN3O2/c1-8(12(19)16-2)7-18(3)13(20)17-10-6-4-5-9(14)11(10)15/h4-6,8H,7H2,1-3H3,(H,16,19)(H,17,20)/t8-/m0/s1. The van der Waals surface area contributed by atoms with E-state index in [1.165, 1.54) is 37.2 Å². The number of rotatable bonds is 4. The molecule has 0 aromatic heterocycles. The highest BCUT2D eigenvalue weighted by Crippen LogP contribution is 2.22. The van der Waals surface area contributed by atoms with E-state index in [9.17, 15) is 14.0 Å². The first-order chi connectivity index (χ1) is 9.36. The molecule has 0 heterocycles. The van der Waals surface area contributed by atoms with Crippen molar-refractivity contribution in [1.82, 2.24) is 10.2 Å². The Morgan fingerprint density at radius 3 is 2.70 bits per heavy atom. The third-order valence-corrected chi connectivity index (χ3v) is 3.07. The minimum atomic E-state index is -0.685. The molecule has 110 valence electrons. The van der Waals surface area contributed by atoms with Crippen LogP contribution in [0.2, 0.25) is 5.02 Å². The number of amides is 3. The molecule has 0 spiro atoms. The van der Waals surface area contributed by atoms with Gasteiger partial charge in [0.05, 0.1) is 16.6 Å². The number of anilines is 1. The van der Waals surface area contributed by atoms with E-state index in [0.717, 1.165) is 0 Å². The maximum atomic E-state index is 13.6. The summed E-state index contributed by atoms with van der Waals surface area (Å²) in [6.07, 6.45) is 0. The van der Waals surface area contributed by atoms with Crippen LogP contribution in [0.1, 0.15) is 6.92 Å². The van der Waals surface area contributed by atoms with Gasteiger partial charge in [0.2, 0.25) is 5.91 Å². The highest BCUT2D eigenvalue weighted by Gasteiger charge is 2.18. The van der Waals surface area contributed by atoms with Gasteiger partial charge in [-0.25, -0.2) is 9.18 Å². The van der Waals surface area contributed by atoms with E-state index >= 15 is 0 Å². The van der Waals surface area contributed by atoms with E-state index in [0.29, 0.717) is 0 Å². The van der Waals surface area contributed by atoms with Crippen molar-refractivity contribution in [3.8, 4) is 0 Å². The second-order valence-electron chi connectivity index (χ2n) is 4.43. The number of carbonyl (C=O) groups is 2. The zero-order valence-electron chi connectivity index (χ0n) is 11.5. The third-order valence-electron chi connectivity index (χ3n) is 2.78. The van der Waals surface area contributed by atoms with E-state index in [2.05, 4.69) is 10.6 Å². The Labute approximate surface area is 122 Å². The fraction of sp³-hybridized carbons (Fsp3) is 0.385. The molecule has 1 atom stereocenters. The number of hydrogen-bond donors (Lipinski definition) is 2. The molecule has 0 unspecified atom stereocenters. The Bertz CT molecular complexity index is 510. The summed E-state index contributed by atoms with van der Waals surface area (Å²) in [5.41, 5.74) is 0.00180. The van der Waals surface area contributed by atoms with Crippen LogP contribution in [0.3, 0.4) is 0 Å². The molecule has 1 rings (SSSR count). The van der Waals surface area contributed by atoms with E-state index in [1.54, 1.807) is 6.92 Å². The van der Waals surface area contributed by atoms with Gasteiger partial charge in [0.15, 0.2) is 5.82 Å². The fourth-order valence-electron chi connectivity index (χ4n) is 1.63. The first-order valence-electron chi connectivity index (χ1n) is 6.04. The molecular formula is C13H17ClFN3O2. The minimum Gasteiger partial charge on any atom is -0.359 e. The first kappa shape index (κ1) is 16.2. The smallest absolute Gasteiger partial charge is 0.321 e. The predicted molar refractivity (Wildman–Crippen MR) is 76.3 cm³/mol. The molecular weight excluding hydrogens is 285 g/mol. The van der Waals surface area contributed by atoms with Crippen LogP contribution < -0.4 is 10.6 Å². The molecule has 20 heavy (non-hydrogen) atoms. The summed E-state index contributed by atoms with van der Waals surface area (Å²) >= 11 is 5.63. The van der Waals surface area contributed by atoms with Crippen LogP contribution in [-0.2, 0) is 4.79 Å². The Kier molecular flexibility index (Phi) is 5.76. The molecule has 0 saturated carbocycles. The third kappa shape index (κ3) is 4.09. The zero-order chi connectivity index (χ0) is 15.3. The van der Waals surface area contributed by atoms with Gasteiger partial charge >= 0.3 is 6.03 Å². The minimum absolute atomic E-state index is 0.00180. The van der Waals surface area contributed by atoms with Crippen molar-refractivity contribution >= 4 is 29.2 Å². The summed E-state index contributed by atoms with van der Waals surface area (Å²) in [5.74, 6) is -1.21. The summed E-state index contributed by atoms with van der Waals surface area (Å²) in [6.45, 7) is 1.91. The first-order valence-corrected chi connectivity index (χ1v) is 6.42. The van der Waals surface area contributed by atoms with Crippen LogP contribution in [0.25, 0.3) is 0 Å². The number of nitrogens with one attached hydrogen (secondary N) is 2. The highest BCUT2D eigenvalue weighted by molar-refractivity contribution is 6.31. The Hall–Kier alpha value is -1.82.